The number of hydrogen-bond donors (Lipinski definition) is 1. The van der Waals surface area contributed by atoms with Gasteiger partial charge in [0.15, 0.2) is 5.75 Å². The van der Waals surface area contributed by atoms with Crippen LogP contribution in [-0.4, -0.2) is 58.0 Å². The second-order valence-electron chi connectivity index (χ2n) is 8.05. The van der Waals surface area contributed by atoms with Crippen LogP contribution in [0.4, 0.5) is 16.6 Å². The van der Waals surface area contributed by atoms with E-state index in [1.165, 1.54) is 42.8 Å². The Balaban J connectivity index is 1.46. The Morgan fingerprint density at radius 2 is 2.00 bits per heavy atom. The van der Waals surface area contributed by atoms with E-state index in [4.69, 9.17) is 4.74 Å². The number of carbonyl (C=O) groups is 2. The highest BCUT2D eigenvalue weighted by atomic mass is 16.5. The average molecular weight is 410 g/mol. The van der Waals surface area contributed by atoms with E-state index in [1.807, 2.05) is 26.0 Å². The van der Waals surface area contributed by atoms with Gasteiger partial charge in [-0.25, -0.2) is 19.7 Å². The molecule has 2 aromatic rings. The standard InChI is InChI=1S/C21H26N6O3/c1-13(2)17-11-27(20-23-9-16(30-3)10-24-20)21(29)26(17)12-19(28)25-18-8-15(6-7-22-18)14-4-5-14/h6-10,13-14,17H,4-5,11-12H2,1-3H3,(H,22,25,28)/t17-/m1/s1. The van der Waals surface area contributed by atoms with Crippen molar-refractivity contribution < 1.29 is 14.3 Å². The molecular formula is C21H26N6O3. The molecule has 2 fully saturated rings. The van der Waals surface area contributed by atoms with Gasteiger partial charge in [-0.15, -0.1) is 0 Å². The Kier molecular flexibility index (Phi) is 5.52. The third-order valence-corrected chi connectivity index (χ3v) is 5.52. The minimum Gasteiger partial charge on any atom is -0.494 e. The molecule has 2 aromatic heterocycles. The lowest BCUT2D eigenvalue weighted by atomic mass is 10.0. The Hall–Kier alpha value is -3.23. The second-order valence-corrected chi connectivity index (χ2v) is 8.05. The molecule has 3 amide bonds. The van der Waals surface area contributed by atoms with Crippen molar-refractivity contribution in [2.75, 3.05) is 30.4 Å². The van der Waals surface area contributed by atoms with E-state index >= 15 is 0 Å². The molecular weight excluding hydrogens is 384 g/mol. The Morgan fingerprint density at radius 1 is 1.27 bits per heavy atom. The third kappa shape index (κ3) is 4.19. The molecule has 1 aliphatic heterocycles. The first-order chi connectivity index (χ1) is 14.5. The fourth-order valence-electron chi connectivity index (χ4n) is 3.66. The molecule has 4 rings (SSSR count). The maximum atomic E-state index is 13.1. The number of anilines is 2. The maximum Gasteiger partial charge on any atom is 0.327 e. The zero-order valence-corrected chi connectivity index (χ0v) is 17.4. The fraction of sp³-hybridized carbons (Fsp3) is 0.476. The minimum atomic E-state index is -0.284. The van der Waals surface area contributed by atoms with Crippen molar-refractivity contribution in [2.24, 2.45) is 5.92 Å². The molecule has 9 nitrogen and oxygen atoms in total. The smallest absolute Gasteiger partial charge is 0.327 e. The highest BCUT2D eigenvalue weighted by molar-refractivity contribution is 5.98. The molecule has 1 saturated carbocycles. The average Bonchev–Trinajstić information content (AvgIpc) is 3.54. The van der Waals surface area contributed by atoms with Crippen LogP contribution in [0.2, 0.25) is 0 Å². The van der Waals surface area contributed by atoms with Crippen molar-refractivity contribution in [3.05, 3.63) is 36.3 Å². The van der Waals surface area contributed by atoms with Crippen LogP contribution >= 0.6 is 0 Å². The van der Waals surface area contributed by atoms with Gasteiger partial charge in [-0.2, -0.15) is 0 Å². The van der Waals surface area contributed by atoms with Crippen LogP contribution in [0.5, 0.6) is 5.75 Å². The summed E-state index contributed by atoms with van der Waals surface area (Å²) in [5.74, 6) is 1.81. The van der Waals surface area contributed by atoms with Gasteiger partial charge in [0.2, 0.25) is 11.9 Å². The van der Waals surface area contributed by atoms with Crippen molar-refractivity contribution in [2.45, 2.75) is 38.6 Å². The molecule has 1 saturated heterocycles. The summed E-state index contributed by atoms with van der Waals surface area (Å²) < 4.78 is 5.08. The molecule has 1 N–H and O–H groups in total. The lowest BCUT2D eigenvalue weighted by Gasteiger charge is -2.25. The van der Waals surface area contributed by atoms with Crippen molar-refractivity contribution in [3.63, 3.8) is 0 Å². The van der Waals surface area contributed by atoms with Gasteiger partial charge in [0.05, 0.1) is 32.1 Å². The molecule has 2 aliphatic rings. The summed E-state index contributed by atoms with van der Waals surface area (Å²) in [6.45, 7) is 4.43. The zero-order valence-electron chi connectivity index (χ0n) is 17.4. The number of hydrogen-bond acceptors (Lipinski definition) is 6. The number of amides is 3. The van der Waals surface area contributed by atoms with Crippen molar-refractivity contribution in [1.29, 1.82) is 0 Å². The fourth-order valence-corrected chi connectivity index (χ4v) is 3.66. The van der Waals surface area contributed by atoms with Gasteiger partial charge >= 0.3 is 6.03 Å². The first-order valence-electron chi connectivity index (χ1n) is 10.2. The molecule has 158 valence electrons. The van der Waals surface area contributed by atoms with E-state index in [2.05, 4.69) is 20.3 Å². The summed E-state index contributed by atoms with van der Waals surface area (Å²) in [4.78, 5) is 41.5. The summed E-state index contributed by atoms with van der Waals surface area (Å²) in [6, 6.07) is 3.49. The Labute approximate surface area is 175 Å². The van der Waals surface area contributed by atoms with Gasteiger partial charge in [-0.3, -0.25) is 9.69 Å². The number of urea groups is 1. The molecule has 0 radical (unpaired) electrons. The molecule has 1 atom stereocenters. The van der Waals surface area contributed by atoms with Crippen molar-refractivity contribution in [1.82, 2.24) is 19.9 Å². The minimum absolute atomic E-state index is 0.0519. The summed E-state index contributed by atoms with van der Waals surface area (Å²) in [6.07, 6.45) is 7.11. The first-order valence-corrected chi connectivity index (χ1v) is 10.2. The van der Waals surface area contributed by atoms with E-state index in [-0.39, 0.29) is 30.4 Å². The van der Waals surface area contributed by atoms with Crippen LogP contribution in [-0.2, 0) is 4.79 Å². The summed E-state index contributed by atoms with van der Waals surface area (Å²) in [7, 11) is 1.53. The van der Waals surface area contributed by atoms with Gasteiger partial charge in [0, 0.05) is 6.20 Å². The predicted molar refractivity (Wildman–Crippen MR) is 111 cm³/mol. The Morgan fingerprint density at radius 3 is 2.63 bits per heavy atom. The third-order valence-electron chi connectivity index (χ3n) is 5.52. The molecule has 0 spiro atoms. The Bertz CT molecular complexity index is 929. The number of carbonyl (C=O) groups excluding carboxylic acids is 2. The molecule has 0 bridgehead atoms. The van der Waals surface area contributed by atoms with Crippen LogP contribution in [0, 0.1) is 5.92 Å². The number of methoxy groups -OCH3 is 1. The lowest BCUT2D eigenvalue weighted by molar-refractivity contribution is -0.117. The molecule has 1 aliphatic carbocycles. The normalized spacial score (nSPS) is 18.8. The highest BCUT2D eigenvalue weighted by Crippen LogP contribution is 2.40. The van der Waals surface area contributed by atoms with E-state index < -0.39 is 0 Å². The molecule has 3 heterocycles. The van der Waals surface area contributed by atoms with E-state index in [9.17, 15) is 9.59 Å². The molecule has 9 heteroatoms. The monoisotopic (exact) mass is 410 g/mol. The molecule has 0 aromatic carbocycles. The highest BCUT2D eigenvalue weighted by Gasteiger charge is 2.41. The molecule has 30 heavy (non-hydrogen) atoms. The van der Waals surface area contributed by atoms with E-state index in [1.54, 1.807) is 11.1 Å². The van der Waals surface area contributed by atoms with E-state index in [0.717, 1.165) is 0 Å². The van der Waals surface area contributed by atoms with Crippen LogP contribution < -0.4 is 15.0 Å². The number of ether oxygens (including phenoxy) is 1. The van der Waals surface area contributed by atoms with Crippen molar-refractivity contribution in [3.8, 4) is 5.75 Å². The van der Waals surface area contributed by atoms with Crippen LogP contribution in [0.1, 0.15) is 38.2 Å². The lowest BCUT2D eigenvalue weighted by Crippen LogP contribution is -2.43. The summed E-state index contributed by atoms with van der Waals surface area (Å²) >= 11 is 0. The topological polar surface area (TPSA) is 101 Å². The van der Waals surface area contributed by atoms with Gasteiger partial charge in [-0.1, -0.05) is 13.8 Å². The first kappa shape index (κ1) is 20.1. The number of pyridine rings is 1. The maximum absolute atomic E-state index is 13.1. The second kappa shape index (κ2) is 8.25. The van der Waals surface area contributed by atoms with Crippen molar-refractivity contribution >= 4 is 23.7 Å². The van der Waals surface area contributed by atoms with Gasteiger partial charge in [-0.05, 0) is 42.4 Å². The summed E-state index contributed by atoms with van der Waals surface area (Å²) in [5.41, 5.74) is 1.19. The van der Waals surface area contributed by atoms with Gasteiger partial charge < -0.3 is 15.0 Å². The number of nitrogens with one attached hydrogen (secondary N) is 1. The zero-order chi connectivity index (χ0) is 21.3. The largest absolute Gasteiger partial charge is 0.494 e. The number of nitrogens with zero attached hydrogens (tertiary/aromatic N) is 5. The van der Waals surface area contributed by atoms with Crippen LogP contribution in [0.3, 0.4) is 0 Å². The van der Waals surface area contributed by atoms with E-state index in [0.29, 0.717) is 30.0 Å². The van der Waals surface area contributed by atoms with Crippen LogP contribution in [0.25, 0.3) is 0 Å². The van der Waals surface area contributed by atoms with Gasteiger partial charge in [0.25, 0.3) is 0 Å². The quantitative estimate of drug-likeness (QED) is 0.753. The molecule has 0 unspecified atom stereocenters. The SMILES string of the molecule is COc1cnc(N2C[C@H](C(C)C)N(CC(=O)Nc3cc(C4CC4)ccn3)C2=O)nc1. The predicted octanol–water partition coefficient (Wildman–Crippen LogP) is 2.66. The van der Waals surface area contributed by atoms with Gasteiger partial charge in [0.1, 0.15) is 12.4 Å². The number of rotatable bonds is 7. The van der Waals surface area contributed by atoms with Crippen LogP contribution in [0.15, 0.2) is 30.7 Å². The number of aromatic nitrogens is 3. The summed E-state index contributed by atoms with van der Waals surface area (Å²) in [5, 5.41) is 2.83.